The molecule has 0 bridgehead atoms. The molecule has 4 heteroatoms. The first kappa shape index (κ1) is 12.8. The van der Waals surface area contributed by atoms with Crippen LogP contribution in [0.4, 0.5) is 0 Å². The maximum atomic E-state index is 11.3. The zero-order valence-corrected chi connectivity index (χ0v) is 11.1. The molecule has 2 unspecified atom stereocenters. The van der Waals surface area contributed by atoms with Gasteiger partial charge in [-0.2, -0.15) is 0 Å². The van der Waals surface area contributed by atoms with Gasteiger partial charge in [0.25, 0.3) is 0 Å². The molecule has 2 rings (SSSR count). The normalized spacial score (nSPS) is 32.4. The van der Waals surface area contributed by atoms with Crippen molar-refractivity contribution < 1.29 is 4.79 Å². The van der Waals surface area contributed by atoms with Crippen molar-refractivity contribution in [2.45, 2.75) is 44.7 Å². The van der Waals surface area contributed by atoms with E-state index < -0.39 is 0 Å². The Hall–Kier alpha value is -0.610. The summed E-state index contributed by atoms with van der Waals surface area (Å²) in [5.74, 6) is 0.121. The van der Waals surface area contributed by atoms with E-state index in [0.29, 0.717) is 12.1 Å². The molecular formula is C13H25N3O. The lowest BCUT2D eigenvalue weighted by molar-refractivity contribution is -0.120. The summed E-state index contributed by atoms with van der Waals surface area (Å²) in [6, 6.07) is 0.950. The topological polar surface area (TPSA) is 35.6 Å². The minimum Gasteiger partial charge on any atom is -0.352 e. The van der Waals surface area contributed by atoms with Crippen molar-refractivity contribution in [3.05, 3.63) is 0 Å². The van der Waals surface area contributed by atoms with Crippen molar-refractivity contribution >= 4 is 5.91 Å². The van der Waals surface area contributed by atoms with Gasteiger partial charge in [0.05, 0.1) is 0 Å². The first-order valence-corrected chi connectivity index (χ1v) is 6.86. The predicted octanol–water partition coefficient (Wildman–Crippen LogP) is 0.681. The van der Waals surface area contributed by atoms with Crippen LogP contribution < -0.4 is 5.32 Å². The van der Waals surface area contributed by atoms with Crippen molar-refractivity contribution in [3.63, 3.8) is 0 Å². The Morgan fingerprint density at radius 3 is 2.41 bits per heavy atom. The van der Waals surface area contributed by atoms with E-state index in [2.05, 4.69) is 22.2 Å². The van der Waals surface area contributed by atoms with E-state index >= 15 is 0 Å². The van der Waals surface area contributed by atoms with E-state index in [4.69, 9.17) is 0 Å². The van der Waals surface area contributed by atoms with Crippen LogP contribution in [0.2, 0.25) is 0 Å². The van der Waals surface area contributed by atoms with Crippen LogP contribution in [0.15, 0.2) is 0 Å². The molecular weight excluding hydrogens is 214 g/mol. The van der Waals surface area contributed by atoms with E-state index in [1.165, 1.54) is 19.3 Å². The summed E-state index contributed by atoms with van der Waals surface area (Å²) in [4.78, 5) is 16.2. The molecule has 1 amide bonds. The molecule has 2 aliphatic rings. The third-order valence-corrected chi connectivity index (χ3v) is 4.13. The zero-order chi connectivity index (χ0) is 12.3. The van der Waals surface area contributed by atoms with Crippen LogP contribution in [0.1, 0.15) is 32.6 Å². The Balaban J connectivity index is 1.93. The molecule has 4 nitrogen and oxygen atoms in total. The molecule has 0 radical (unpaired) electrons. The fourth-order valence-electron chi connectivity index (χ4n) is 3.13. The Morgan fingerprint density at radius 1 is 1.12 bits per heavy atom. The molecule has 98 valence electrons. The fraction of sp³-hybridized carbons (Fsp3) is 0.923. The third kappa shape index (κ3) is 3.42. The van der Waals surface area contributed by atoms with Crippen molar-refractivity contribution in [1.29, 1.82) is 0 Å². The van der Waals surface area contributed by atoms with Gasteiger partial charge in [-0.15, -0.1) is 0 Å². The molecule has 2 fully saturated rings. The standard InChI is InChI=1S/C13H25N3O/c1-11(17)14-12-5-3-4-6-13(12)16-9-7-15(2)8-10-16/h12-13H,3-10H2,1-2H3,(H,14,17). The minimum absolute atomic E-state index is 0.121. The summed E-state index contributed by atoms with van der Waals surface area (Å²) < 4.78 is 0. The number of piperazine rings is 1. The van der Waals surface area contributed by atoms with Gasteiger partial charge in [0.15, 0.2) is 0 Å². The minimum atomic E-state index is 0.121. The number of hydrogen-bond acceptors (Lipinski definition) is 3. The van der Waals surface area contributed by atoms with E-state index in [0.717, 1.165) is 32.6 Å². The van der Waals surface area contributed by atoms with Gasteiger partial charge in [0.1, 0.15) is 0 Å². The highest BCUT2D eigenvalue weighted by Gasteiger charge is 2.31. The quantitative estimate of drug-likeness (QED) is 0.770. The van der Waals surface area contributed by atoms with Gasteiger partial charge < -0.3 is 10.2 Å². The SMILES string of the molecule is CC(=O)NC1CCCCC1N1CCN(C)CC1. The highest BCUT2D eigenvalue weighted by molar-refractivity contribution is 5.73. The van der Waals surface area contributed by atoms with Gasteiger partial charge >= 0.3 is 0 Å². The maximum Gasteiger partial charge on any atom is 0.217 e. The molecule has 1 saturated heterocycles. The summed E-state index contributed by atoms with van der Waals surface area (Å²) in [6.07, 6.45) is 4.97. The van der Waals surface area contributed by atoms with E-state index in [9.17, 15) is 4.79 Å². The fourth-order valence-corrected chi connectivity index (χ4v) is 3.13. The van der Waals surface area contributed by atoms with Crippen LogP contribution in [-0.2, 0) is 4.79 Å². The monoisotopic (exact) mass is 239 g/mol. The Labute approximate surface area is 104 Å². The van der Waals surface area contributed by atoms with Gasteiger partial charge in [0.2, 0.25) is 5.91 Å². The van der Waals surface area contributed by atoms with E-state index in [1.54, 1.807) is 6.92 Å². The Kier molecular flexibility index (Phi) is 4.40. The number of hydrogen-bond donors (Lipinski definition) is 1. The average Bonchev–Trinajstić information content (AvgIpc) is 2.30. The van der Waals surface area contributed by atoms with E-state index in [-0.39, 0.29) is 5.91 Å². The van der Waals surface area contributed by atoms with E-state index in [1.807, 2.05) is 0 Å². The second-order valence-corrected chi connectivity index (χ2v) is 5.50. The van der Waals surface area contributed by atoms with Crippen LogP contribution in [0.25, 0.3) is 0 Å². The van der Waals surface area contributed by atoms with Crippen molar-refractivity contribution in [1.82, 2.24) is 15.1 Å². The molecule has 1 saturated carbocycles. The van der Waals surface area contributed by atoms with Gasteiger partial charge in [-0.05, 0) is 19.9 Å². The van der Waals surface area contributed by atoms with Gasteiger partial charge in [-0.1, -0.05) is 12.8 Å². The number of amides is 1. The summed E-state index contributed by atoms with van der Waals surface area (Å²) >= 11 is 0. The Bertz CT molecular complexity index is 261. The number of rotatable bonds is 2. The van der Waals surface area contributed by atoms with Crippen molar-refractivity contribution in [2.75, 3.05) is 33.2 Å². The average molecular weight is 239 g/mol. The van der Waals surface area contributed by atoms with Crippen molar-refractivity contribution in [3.8, 4) is 0 Å². The van der Waals surface area contributed by atoms with Gasteiger partial charge in [0, 0.05) is 45.2 Å². The number of nitrogens with zero attached hydrogens (tertiary/aromatic N) is 2. The molecule has 1 aliphatic carbocycles. The second kappa shape index (κ2) is 5.83. The third-order valence-electron chi connectivity index (χ3n) is 4.13. The highest BCUT2D eigenvalue weighted by atomic mass is 16.1. The van der Waals surface area contributed by atoms with Crippen LogP contribution in [0.3, 0.4) is 0 Å². The molecule has 0 aromatic heterocycles. The number of likely N-dealkylation sites (N-methyl/N-ethyl adjacent to an activating group) is 1. The summed E-state index contributed by atoms with van der Waals surface area (Å²) in [5, 5.41) is 3.15. The van der Waals surface area contributed by atoms with Crippen LogP contribution in [-0.4, -0.2) is 61.0 Å². The van der Waals surface area contributed by atoms with Crippen LogP contribution in [0.5, 0.6) is 0 Å². The van der Waals surface area contributed by atoms with Crippen LogP contribution >= 0.6 is 0 Å². The molecule has 0 aromatic rings. The van der Waals surface area contributed by atoms with Crippen LogP contribution in [0, 0.1) is 0 Å². The molecule has 2 atom stereocenters. The smallest absolute Gasteiger partial charge is 0.217 e. The lowest BCUT2D eigenvalue weighted by Gasteiger charge is -2.43. The second-order valence-electron chi connectivity index (χ2n) is 5.50. The largest absolute Gasteiger partial charge is 0.352 e. The summed E-state index contributed by atoms with van der Waals surface area (Å²) in [5.41, 5.74) is 0. The van der Waals surface area contributed by atoms with Gasteiger partial charge in [-0.25, -0.2) is 0 Å². The maximum absolute atomic E-state index is 11.3. The first-order chi connectivity index (χ1) is 8.16. The number of carbonyl (C=O) groups is 1. The molecule has 0 aromatic carbocycles. The number of carbonyl (C=O) groups excluding carboxylic acids is 1. The zero-order valence-electron chi connectivity index (χ0n) is 11.1. The summed E-state index contributed by atoms with van der Waals surface area (Å²) in [6.45, 7) is 6.25. The lowest BCUT2D eigenvalue weighted by Crippen LogP contribution is -2.57. The lowest BCUT2D eigenvalue weighted by atomic mass is 9.88. The highest BCUT2D eigenvalue weighted by Crippen LogP contribution is 2.24. The number of nitrogens with one attached hydrogen (secondary N) is 1. The molecule has 1 aliphatic heterocycles. The molecule has 1 heterocycles. The summed E-state index contributed by atoms with van der Waals surface area (Å²) in [7, 11) is 2.18. The Morgan fingerprint density at radius 2 is 1.76 bits per heavy atom. The molecule has 17 heavy (non-hydrogen) atoms. The molecule has 0 spiro atoms. The molecule has 1 N–H and O–H groups in total. The van der Waals surface area contributed by atoms with Gasteiger partial charge in [-0.3, -0.25) is 9.69 Å². The first-order valence-electron chi connectivity index (χ1n) is 6.86. The van der Waals surface area contributed by atoms with Crippen molar-refractivity contribution in [2.24, 2.45) is 0 Å². The predicted molar refractivity (Wildman–Crippen MR) is 68.9 cm³/mol.